The molecule has 0 N–H and O–H groups in total. The van der Waals surface area contributed by atoms with E-state index < -0.39 is 0 Å². The van der Waals surface area contributed by atoms with Crippen LogP contribution in [0.1, 0.15) is 15.4 Å². The summed E-state index contributed by atoms with van der Waals surface area (Å²) in [6, 6.07) is 2.03. The fourth-order valence-electron chi connectivity index (χ4n) is 2.53. The topological polar surface area (TPSA) is 65.5 Å². The van der Waals surface area contributed by atoms with Crippen LogP contribution in [-0.4, -0.2) is 66.3 Å². The minimum Gasteiger partial charge on any atom is -0.376 e. The molecule has 3 heterocycles. The molecule has 122 valence electrons. The van der Waals surface area contributed by atoms with Gasteiger partial charge in [-0.3, -0.25) is 4.79 Å². The van der Waals surface area contributed by atoms with Gasteiger partial charge in [-0.25, -0.2) is 4.98 Å². The number of hydrogen-bond acceptors (Lipinski definition) is 7. The van der Waals surface area contributed by atoms with Crippen molar-refractivity contribution in [1.82, 2.24) is 20.1 Å². The van der Waals surface area contributed by atoms with Crippen molar-refractivity contribution < 1.29 is 4.79 Å². The number of hydrogen-bond donors (Lipinski definition) is 0. The molecule has 1 aliphatic rings. The van der Waals surface area contributed by atoms with Crippen LogP contribution < -0.4 is 9.80 Å². The number of nitrogens with zero attached hydrogens (tertiary/aromatic N) is 6. The first-order chi connectivity index (χ1) is 11.1. The second kappa shape index (κ2) is 6.49. The Bertz CT molecular complexity index is 693. The summed E-state index contributed by atoms with van der Waals surface area (Å²) in [7, 11) is 3.96. The van der Waals surface area contributed by atoms with Gasteiger partial charge < -0.3 is 14.7 Å². The van der Waals surface area contributed by atoms with E-state index in [4.69, 9.17) is 0 Å². The minimum absolute atomic E-state index is 0.0813. The zero-order valence-corrected chi connectivity index (χ0v) is 14.4. The standard InChI is InChI=1S/C15H20N6OS/c1-11-14(23-10-16-11)15(22)21-6-4-20(5-7-21)13-8-12(19(2)3)9-17-18-13/h8-10H,4-7H2,1-3H3. The predicted octanol–water partition coefficient (Wildman–Crippen LogP) is 1.27. The summed E-state index contributed by atoms with van der Waals surface area (Å²) in [6.07, 6.45) is 1.75. The average molecular weight is 332 g/mol. The third-order valence-electron chi connectivity index (χ3n) is 3.97. The van der Waals surface area contributed by atoms with Crippen LogP contribution in [0.25, 0.3) is 0 Å². The van der Waals surface area contributed by atoms with Crippen molar-refractivity contribution >= 4 is 28.7 Å². The summed E-state index contributed by atoms with van der Waals surface area (Å²) < 4.78 is 0. The van der Waals surface area contributed by atoms with Crippen molar-refractivity contribution in [2.45, 2.75) is 6.92 Å². The Morgan fingerprint density at radius 1 is 1.26 bits per heavy atom. The maximum atomic E-state index is 12.5. The van der Waals surface area contributed by atoms with E-state index in [1.807, 2.05) is 36.9 Å². The van der Waals surface area contributed by atoms with Gasteiger partial charge in [0, 0.05) is 46.3 Å². The molecule has 0 atom stereocenters. The maximum Gasteiger partial charge on any atom is 0.265 e. The summed E-state index contributed by atoms with van der Waals surface area (Å²) >= 11 is 1.41. The number of rotatable bonds is 3. The smallest absolute Gasteiger partial charge is 0.265 e. The van der Waals surface area contributed by atoms with E-state index in [1.165, 1.54) is 11.3 Å². The van der Waals surface area contributed by atoms with Crippen molar-refractivity contribution in [1.29, 1.82) is 0 Å². The van der Waals surface area contributed by atoms with E-state index in [0.717, 1.165) is 35.2 Å². The van der Waals surface area contributed by atoms with Crippen molar-refractivity contribution in [3.63, 3.8) is 0 Å². The first kappa shape index (κ1) is 15.7. The first-order valence-electron chi connectivity index (χ1n) is 7.50. The van der Waals surface area contributed by atoms with E-state index in [0.29, 0.717) is 13.1 Å². The molecule has 2 aromatic rings. The highest BCUT2D eigenvalue weighted by Crippen LogP contribution is 2.20. The lowest BCUT2D eigenvalue weighted by Crippen LogP contribution is -2.49. The summed E-state index contributed by atoms with van der Waals surface area (Å²) in [4.78, 5) is 23.5. The molecule has 1 saturated heterocycles. The molecule has 0 radical (unpaired) electrons. The van der Waals surface area contributed by atoms with Crippen molar-refractivity contribution in [3.05, 3.63) is 28.3 Å². The molecule has 0 aromatic carbocycles. The quantitative estimate of drug-likeness (QED) is 0.843. The highest BCUT2D eigenvalue weighted by molar-refractivity contribution is 7.11. The lowest BCUT2D eigenvalue weighted by molar-refractivity contribution is 0.0750. The normalized spacial score (nSPS) is 14.9. The van der Waals surface area contributed by atoms with Crippen LogP contribution in [0.2, 0.25) is 0 Å². The van der Waals surface area contributed by atoms with E-state index in [-0.39, 0.29) is 5.91 Å². The number of anilines is 2. The Morgan fingerprint density at radius 2 is 2.00 bits per heavy atom. The van der Waals surface area contributed by atoms with Crippen LogP contribution in [0.3, 0.4) is 0 Å². The van der Waals surface area contributed by atoms with Crippen LogP contribution >= 0.6 is 11.3 Å². The Labute approximate surface area is 139 Å². The SMILES string of the molecule is Cc1ncsc1C(=O)N1CCN(c2cc(N(C)C)cnn2)CC1. The number of amides is 1. The van der Waals surface area contributed by atoms with E-state index >= 15 is 0 Å². The highest BCUT2D eigenvalue weighted by Gasteiger charge is 2.25. The summed E-state index contributed by atoms with van der Waals surface area (Å²) in [6.45, 7) is 4.76. The minimum atomic E-state index is 0.0813. The molecule has 1 aliphatic heterocycles. The van der Waals surface area contributed by atoms with Gasteiger partial charge in [-0.15, -0.1) is 16.4 Å². The zero-order valence-electron chi connectivity index (χ0n) is 13.6. The fourth-order valence-corrected chi connectivity index (χ4v) is 3.30. The molecule has 8 heteroatoms. The highest BCUT2D eigenvalue weighted by atomic mass is 32.1. The molecule has 7 nitrogen and oxygen atoms in total. The largest absolute Gasteiger partial charge is 0.376 e. The zero-order chi connectivity index (χ0) is 16.4. The summed E-state index contributed by atoms with van der Waals surface area (Å²) in [5.74, 6) is 0.940. The first-order valence-corrected chi connectivity index (χ1v) is 8.38. The molecule has 1 fully saturated rings. The second-order valence-electron chi connectivity index (χ2n) is 5.71. The third-order valence-corrected chi connectivity index (χ3v) is 4.89. The van der Waals surface area contributed by atoms with E-state index in [9.17, 15) is 4.79 Å². The second-order valence-corrected chi connectivity index (χ2v) is 6.57. The van der Waals surface area contributed by atoms with Gasteiger partial charge in [-0.1, -0.05) is 0 Å². The van der Waals surface area contributed by atoms with Crippen molar-refractivity contribution in [3.8, 4) is 0 Å². The van der Waals surface area contributed by atoms with Crippen molar-refractivity contribution in [2.24, 2.45) is 0 Å². The number of thiazole rings is 1. The van der Waals surface area contributed by atoms with Gasteiger partial charge >= 0.3 is 0 Å². The van der Waals surface area contributed by atoms with Gasteiger partial charge in [0.05, 0.1) is 23.1 Å². The van der Waals surface area contributed by atoms with Crippen LogP contribution in [0.5, 0.6) is 0 Å². The Hall–Kier alpha value is -2.22. The van der Waals surface area contributed by atoms with Crippen LogP contribution in [0.4, 0.5) is 11.5 Å². The lowest BCUT2D eigenvalue weighted by Gasteiger charge is -2.35. The molecular weight excluding hydrogens is 312 g/mol. The molecular formula is C15H20N6OS. The predicted molar refractivity (Wildman–Crippen MR) is 91.3 cm³/mol. The van der Waals surface area contributed by atoms with Crippen molar-refractivity contribution in [2.75, 3.05) is 50.1 Å². The summed E-state index contributed by atoms with van der Waals surface area (Å²) in [5.41, 5.74) is 3.56. The van der Waals surface area contributed by atoms with Crippen LogP contribution in [0.15, 0.2) is 17.8 Å². The Balaban J connectivity index is 1.66. The number of carbonyl (C=O) groups excluding carboxylic acids is 1. The molecule has 1 amide bonds. The van der Waals surface area contributed by atoms with E-state index in [1.54, 1.807) is 11.7 Å². The molecule has 0 spiro atoms. The maximum absolute atomic E-state index is 12.5. The van der Waals surface area contributed by atoms with Gasteiger partial charge in [0.1, 0.15) is 4.88 Å². The van der Waals surface area contributed by atoms with Gasteiger partial charge in [0.15, 0.2) is 5.82 Å². The van der Waals surface area contributed by atoms with Gasteiger partial charge in [-0.2, -0.15) is 5.10 Å². The number of carbonyl (C=O) groups is 1. The summed E-state index contributed by atoms with van der Waals surface area (Å²) in [5, 5.41) is 8.28. The number of aryl methyl sites for hydroxylation is 1. The van der Waals surface area contributed by atoms with Gasteiger partial charge in [0.25, 0.3) is 5.91 Å². The monoisotopic (exact) mass is 332 g/mol. The fraction of sp³-hybridized carbons (Fsp3) is 0.467. The third kappa shape index (κ3) is 3.26. The average Bonchev–Trinajstić information content (AvgIpc) is 3.00. The van der Waals surface area contributed by atoms with Crippen LogP contribution in [-0.2, 0) is 0 Å². The molecule has 0 bridgehead atoms. The Morgan fingerprint density at radius 3 is 2.61 bits per heavy atom. The lowest BCUT2D eigenvalue weighted by atomic mass is 10.2. The number of piperazine rings is 1. The molecule has 0 aliphatic carbocycles. The number of aromatic nitrogens is 3. The Kier molecular flexibility index (Phi) is 4.42. The van der Waals surface area contributed by atoms with Gasteiger partial charge in [-0.05, 0) is 6.92 Å². The molecule has 23 heavy (non-hydrogen) atoms. The molecule has 0 unspecified atom stereocenters. The van der Waals surface area contributed by atoms with E-state index in [2.05, 4.69) is 20.1 Å². The van der Waals surface area contributed by atoms with Gasteiger partial charge in [0.2, 0.25) is 0 Å². The molecule has 0 saturated carbocycles. The molecule has 3 rings (SSSR count). The molecule has 2 aromatic heterocycles. The van der Waals surface area contributed by atoms with Crippen LogP contribution in [0, 0.1) is 6.92 Å².